The molecule has 7 nitrogen and oxygen atoms in total. The Bertz CT molecular complexity index is 493. The summed E-state index contributed by atoms with van der Waals surface area (Å²) in [4.78, 5) is 15.3. The van der Waals surface area contributed by atoms with Gasteiger partial charge in [-0.1, -0.05) is 18.7 Å². The zero-order valence-corrected chi connectivity index (χ0v) is 13.6. The van der Waals surface area contributed by atoms with Gasteiger partial charge in [-0.25, -0.2) is 0 Å². The number of rotatable bonds is 6. The van der Waals surface area contributed by atoms with Crippen molar-refractivity contribution in [3.63, 3.8) is 0 Å². The van der Waals surface area contributed by atoms with Gasteiger partial charge in [-0.2, -0.15) is 0 Å². The van der Waals surface area contributed by atoms with Crippen molar-refractivity contribution in [1.29, 1.82) is 0 Å². The van der Waals surface area contributed by atoms with Gasteiger partial charge in [-0.15, -0.1) is 10.2 Å². The normalized spacial score (nSPS) is 20.0. The van der Waals surface area contributed by atoms with Gasteiger partial charge in [0.15, 0.2) is 5.16 Å². The van der Waals surface area contributed by atoms with Crippen molar-refractivity contribution in [2.45, 2.75) is 38.0 Å². The third-order valence-electron chi connectivity index (χ3n) is 3.56. The average molecular weight is 313 g/mol. The minimum atomic E-state index is -0.833. The number of nitrogens with zero attached hydrogens (tertiary/aromatic N) is 5. The Labute approximate surface area is 129 Å². The highest BCUT2D eigenvalue weighted by Gasteiger charge is 2.26. The molecule has 1 N–H and O–H groups in total. The molecule has 2 heterocycles. The van der Waals surface area contributed by atoms with Gasteiger partial charge in [0.2, 0.25) is 5.95 Å². The number of hydrogen-bond donors (Lipinski definition) is 1. The van der Waals surface area contributed by atoms with E-state index in [-0.39, 0.29) is 5.75 Å². The number of carboxylic acid groups (broad SMARTS) is 1. The van der Waals surface area contributed by atoms with Crippen LogP contribution in [-0.2, 0) is 11.3 Å². The first-order valence-electron chi connectivity index (χ1n) is 7.26. The summed E-state index contributed by atoms with van der Waals surface area (Å²) in [6, 6.07) is 0.376. The zero-order valence-electron chi connectivity index (χ0n) is 12.8. The van der Waals surface area contributed by atoms with Gasteiger partial charge >= 0.3 is 5.97 Å². The van der Waals surface area contributed by atoms with Crippen LogP contribution in [-0.4, -0.2) is 69.2 Å². The van der Waals surface area contributed by atoms with Crippen LogP contribution in [0.3, 0.4) is 0 Å². The lowest BCUT2D eigenvalue weighted by atomic mass is 10.2. The Morgan fingerprint density at radius 2 is 2.19 bits per heavy atom. The van der Waals surface area contributed by atoms with Crippen LogP contribution < -0.4 is 4.90 Å². The van der Waals surface area contributed by atoms with E-state index < -0.39 is 5.97 Å². The van der Waals surface area contributed by atoms with Gasteiger partial charge in [0.1, 0.15) is 0 Å². The van der Waals surface area contributed by atoms with E-state index in [0.29, 0.717) is 11.2 Å². The van der Waals surface area contributed by atoms with E-state index in [4.69, 9.17) is 5.11 Å². The van der Waals surface area contributed by atoms with E-state index in [9.17, 15) is 4.79 Å². The van der Waals surface area contributed by atoms with E-state index >= 15 is 0 Å². The Kier molecular flexibility index (Phi) is 5.46. The van der Waals surface area contributed by atoms with Gasteiger partial charge in [0.05, 0.1) is 5.75 Å². The molecule has 21 heavy (non-hydrogen) atoms. The quantitative estimate of drug-likeness (QED) is 0.785. The van der Waals surface area contributed by atoms with Crippen LogP contribution in [0.25, 0.3) is 0 Å². The lowest BCUT2D eigenvalue weighted by Gasteiger charge is -2.38. The van der Waals surface area contributed by atoms with Crippen LogP contribution in [0, 0.1) is 0 Å². The maximum Gasteiger partial charge on any atom is 0.313 e. The summed E-state index contributed by atoms with van der Waals surface area (Å²) in [5.41, 5.74) is 0. The summed E-state index contributed by atoms with van der Waals surface area (Å²) >= 11 is 1.23. The van der Waals surface area contributed by atoms with Gasteiger partial charge in [0, 0.05) is 32.2 Å². The highest BCUT2D eigenvalue weighted by molar-refractivity contribution is 7.99. The fraction of sp³-hybridized carbons (Fsp3) is 0.769. The summed E-state index contributed by atoms with van der Waals surface area (Å²) in [5.74, 6) is 0.0473. The van der Waals surface area contributed by atoms with Gasteiger partial charge in [0.25, 0.3) is 0 Å². The number of carbonyl (C=O) groups is 1. The molecule has 0 amide bonds. The van der Waals surface area contributed by atoms with E-state index in [1.807, 2.05) is 0 Å². The Balaban J connectivity index is 2.20. The van der Waals surface area contributed by atoms with Crippen molar-refractivity contribution in [2.75, 3.05) is 37.3 Å². The molecular weight excluding hydrogens is 290 g/mol. The van der Waals surface area contributed by atoms with Crippen molar-refractivity contribution >= 4 is 23.7 Å². The summed E-state index contributed by atoms with van der Waals surface area (Å²) in [6.07, 6.45) is 0.966. The molecule has 2 rings (SSSR count). The van der Waals surface area contributed by atoms with E-state index in [0.717, 1.165) is 38.5 Å². The zero-order chi connectivity index (χ0) is 15.4. The second kappa shape index (κ2) is 7.13. The van der Waals surface area contributed by atoms with Crippen molar-refractivity contribution in [1.82, 2.24) is 19.7 Å². The molecule has 1 atom stereocenters. The molecule has 1 aliphatic heterocycles. The number of aliphatic carboxylic acids is 1. The van der Waals surface area contributed by atoms with Gasteiger partial charge < -0.3 is 14.9 Å². The monoisotopic (exact) mass is 313 g/mol. The highest BCUT2D eigenvalue weighted by Crippen LogP contribution is 2.25. The summed E-state index contributed by atoms with van der Waals surface area (Å²) in [6.45, 7) is 8.01. The van der Waals surface area contributed by atoms with E-state index in [2.05, 4.69) is 45.5 Å². The van der Waals surface area contributed by atoms with E-state index in [1.165, 1.54) is 11.8 Å². The summed E-state index contributed by atoms with van der Waals surface area (Å²) in [5, 5.41) is 18.0. The highest BCUT2D eigenvalue weighted by atomic mass is 32.2. The number of piperazine rings is 1. The van der Waals surface area contributed by atoms with E-state index in [1.54, 1.807) is 0 Å². The maximum absolute atomic E-state index is 10.7. The molecule has 0 aliphatic carbocycles. The topological polar surface area (TPSA) is 74.5 Å². The fourth-order valence-electron chi connectivity index (χ4n) is 2.58. The van der Waals surface area contributed by atoms with Crippen molar-refractivity contribution in [3.05, 3.63) is 0 Å². The molecule has 0 saturated carbocycles. The summed E-state index contributed by atoms with van der Waals surface area (Å²) < 4.78 is 2.05. The molecule has 1 saturated heterocycles. The molecule has 1 aromatic heterocycles. The van der Waals surface area contributed by atoms with Crippen LogP contribution >= 0.6 is 11.8 Å². The first kappa shape index (κ1) is 16.1. The molecule has 118 valence electrons. The number of carboxylic acids is 1. The van der Waals surface area contributed by atoms with Crippen LogP contribution in [0.4, 0.5) is 5.95 Å². The average Bonchev–Trinajstić information content (AvgIpc) is 2.80. The van der Waals surface area contributed by atoms with Crippen molar-refractivity contribution < 1.29 is 9.90 Å². The molecular formula is C13H23N5O2S. The lowest BCUT2D eigenvalue weighted by molar-refractivity contribution is -0.133. The predicted molar refractivity (Wildman–Crippen MR) is 83.0 cm³/mol. The molecule has 0 radical (unpaired) electrons. The minimum Gasteiger partial charge on any atom is -0.481 e. The van der Waals surface area contributed by atoms with Crippen molar-refractivity contribution in [2.24, 2.45) is 0 Å². The maximum atomic E-state index is 10.7. The lowest BCUT2D eigenvalue weighted by Crippen LogP contribution is -2.51. The fourth-order valence-corrected chi connectivity index (χ4v) is 3.26. The Morgan fingerprint density at radius 1 is 1.43 bits per heavy atom. The predicted octanol–water partition coefficient (Wildman–Crippen LogP) is 1.01. The molecule has 1 aromatic rings. The Morgan fingerprint density at radius 3 is 2.81 bits per heavy atom. The van der Waals surface area contributed by atoms with Gasteiger partial charge in [-0.3, -0.25) is 9.36 Å². The second-order valence-corrected chi connectivity index (χ2v) is 6.36. The first-order valence-corrected chi connectivity index (χ1v) is 8.24. The Hall–Kier alpha value is -1.28. The standard InChI is InChI=1S/C13H23N5O2S/c1-4-5-18-12(14-15-13(18)21-9-11(19)20)17-7-6-16(3)8-10(17)2/h10H,4-9H2,1-3H3,(H,19,20). The molecule has 0 bridgehead atoms. The third kappa shape index (κ3) is 3.88. The largest absolute Gasteiger partial charge is 0.481 e. The van der Waals surface area contributed by atoms with Gasteiger partial charge in [-0.05, 0) is 20.4 Å². The molecule has 1 aliphatic rings. The molecule has 1 unspecified atom stereocenters. The number of aromatic nitrogens is 3. The second-order valence-electron chi connectivity index (χ2n) is 5.42. The first-order chi connectivity index (χ1) is 10.0. The number of likely N-dealkylation sites (N-methyl/N-ethyl adjacent to an activating group) is 1. The number of hydrogen-bond acceptors (Lipinski definition) is 6. The molecule has 0 spiro atoms. The van der Waals surface area contributed by atoms with Crippen LogP contribution in [0.2, 0.25) is 0 Å². The van der Waals surface area contributed by atoms with Crippen molar-refractivity contribution in [3.8, 4) is 0 Å². The van der Waals surface area contributed by atoms with Crippen LogP contribution in [0.5, 0.6) is 0 Å². The smallest absolute Gasteiger partial charge is 0.313 e. The molecule has 1 fully saturated rings. The SMILES string of the molecule is CCCn1c(SCC(=O)O)nnc1N1CCN(C)CC1C. The molecule has 0 aromatic carbocycles. The minimum absolute atomic E-state index is 0.0140. The van der Waals surface area contributed by atoms with Crippen LogP contribution in [0.15, 0.2) is 5.16 Å². The molecule has 8 heteroatoms. The third-order valence-corrected chi connectivity index (χ3v) is 4.51. The number of thioether (sulfide) groups is 1. The summed E-state index contributed by atoms with van der Waals surface area (Å²) in [7, 11) is 2.12. The van der Waals surface area contributed by atoms with Crippen LogP contribution in [0.1, 0.15) is 20.3 Å². The number of anilines is 1.